The van der Waals surface area contributed by atoms with Crippen molar-refractivity contribution in [1.82, 2.24) is 29.7 Å². The first-order chi connectivity index (χ1) is 12.6. The molecule has 2 aliphatic rings. The topological polar surface area (TPSA) is 89.5 Å². The molecule has 2 aromatic heterocycles. The molecule has 140 valence electrons. The zero-order chi connectivity index (χ0) is 18.1. The van der Waals surface area contributed by atoms with E-state index in [1.54, 1.807) is 10.9 Å². The molecule has 2 atom stereocenters. The highest BCUT2D eigenvalue weighted by molar-refractivity contribution is 5.80. The molecule has 0 bridgehead atoms. The fraction of sp³-hybridized carbons (Fsp3) is 0.647. The summed E-state index contributed by atoms with van der Waals surface area (Å²) in [5.41, 5.74) is 0.980. The number of rotatable bonds is 4. The molecule has 0 aromatic carbocycles. The Morgan fingerprint density at radius 1 is 1.31 bits per heavy atom. The largest absolute Gasteiger partial charge is 0.373 e. The molecular formula is C17H24N6O3. The van der Waals surface area contributed by atoms with Crippen molar-refractivity contribution < 1.29 is 14.1 Å². The summed E-state index contributed by atoms with van der Waals surface area (Å²) in [5.74, 6) is 1.34. The van der Waals surface area contributed by atoms with Crippen LogP contribution in [0.1, 0.15) is 29.8 Å². The number of nitrogens with zero attached hydrogens (tertiary/aromatic N) is 6. The second-order valence-corrected chi connectivity index (χ2v) is 6.97. The fourth-order valence-corrected chi connectivity index (χ4v) is 3.71. The Morgan fingerprint density at radius 2 is 2.12 bits per heavy atom. The highest BCUT2D eigenvalue weighted by atomic mass is 16.5. The van der Waals surface area contributed by atoms with E-state index in [0.717, 1.165) is 25.1 Å². The molecule has 2 aromatic rings. The van der Waals surface area contributed by atoms with Gasteiger partial charge in [-0.3, -0.25) is 14.4 Å². The summed E-state index contributed by atoms with van der Waals surface area (Å²) >= 11 is 0. The zero-order valence-corrected chi connectivity index (χ0v) is 15.2. The smallest absolute Gasteiger partial charge is 0.240 e. The van der Waals surface area contributed by atoms with Crippen molar-refractivity contribution in [2.45, 2.75) is 26.0 Å². The maximum absolute atomic E-state index is 13.0. The third-order valence-corrected chi connectivity index (χ3v) is 5.07. The monoisotopic (exact) mass is 360 g/mol. The quantitative estimate of drug-likeness (QED) is 0.786. The van der Waals surface area contributed by atoms with Crippen LogP contribution >= 0.6 is 0 Å². The van der Waals surface area contributed by atoms with E-state index in [9.17, 15) is 4.79 Å². The van der Waals surface area contributed by atoms with E-state index in [1.165, 1.54) is 0 Å². The minimum Gasteiger partial charge on any atom is -0.373 e. The zero-order valence-electron chi connectivity index (χ0n) is 15.2. The summed E-state index contributed by atoms with van der Waals surface area (Å²) < 4.78 is 12.8. The minimum atomic E-state index is -0.185. The predicted molar refractivity (Wildman–Crippen MR) is 90.9 cm³/mol. The Balaban J connectivity index is 1.34. The van der Waals surface area contributed by atoms with Gasteiger partial charge in [-0.15, -0.1) is 0 Å². The Kier molecular flexibility index (Phi) is 4.73. The molecule has 0 N–H and O–H groups in total. The number of ether oxygens (including phenoxy) is 1. The van der Waals surface area contributed by atoms with Crippen molar-refractivity contribution >= 4 is 5.91 Å². The van der Waals surface area contributed by atoms with E-state index in [4.69, 9.17) is 9.26 Å². The van der Waals surface area contributed by atoms with Crippen LogP contribution in [0.2, 0.25) is 0 Å². The van der Waals surface area contributed by atoms with E-state index < -0.39 is 0 Å². The molecule has 9 heteroatoms. The number of aryl methyl sites for hydroxylation is 2. The average molecular weight is 360 g/mol. The van der Waals surface area contributed by atoms with E-state index in [0.29, 0.717) is 38.0 Å². The molecule has 4 heterocycles. The van der Waals surface area contributed by atoms with Crippen molar-refractivity contribution in [3.63, 3.8) is 0 Å². The van der Waals surface area contributed by atoms with Crippen molar-refractivity contribution in [1.29, 1.82) is 0 Å². The SMILES string of the molecule is Cc1noc(CN2CCN(C(=O)[C@H]3CCO[C@@H]3c3cnn(C)c3)CC2)n1. The van der Waals surface area contributed by atoms with Crippen LogP contribution in [0.25, 0.3) is 0 Å². The molecule has 2 aliphatic heterocycles. The molecule has 0 aliphatic carbocycles. The first kappa shape index (κ1) is 17.2. The Morgan fingerprint density at radius 3 is 2.77 bits per heavy atom. The summed E-state index contributed by atoms with van der Waals surface area (Å²) in [6, 6.07) is 0. The number of hydrogen-bond acceptors (Lipinski definition) is 7. The lowest BCUT2D eigenvalue weighted by atomic mass is 9.95. The summed E-state index contributed by atoms with van der Waals surface area (Å²) in [4.78, 5) is 21.5. The highest BCUT2D eigenvalue weighted by Crippen LogP contribution is 2.35. The second kappa shape index (κ2) is 7.16. The van der Waals surface area contributed by atoms with Crippen LogP contribution in [0.5, 0.6) is 0 Å². The summed E-state index contributed by atoms with van der Waals surface area (Å²) in [7, 11) is 1.87. The van der Waals surface area contributed by atoms with Gasteiger partial charge >= 0.3 is 0 Å². The van der Waals surface area contributed by atoms with Crippen LogP contribution in [0.3, 0.4) is 0 Å². The molecule has 9 nitrogen and oxygen atoms in total. The van der Waals surface area contributed by atoms with Crippen LogP contribution in [0, 0.1) is 12.8 Å². The van der Waals surface area contributed by atoms with Crippen molar-refractivity contribution in [2.75, 3.05) is 32.8 Å². The standard InChI is InChI=1S/C17H24N6O3/c1-12-19-15(26-20-12)11-22-4-6-23(7-5-22)17(24)14-3-8-25-16(14)13-9-18-21(2)10-13/h9-10,14,16H,3-8,11H2,1-2H3/t14-,16+/m0/s1. The van der Waals surface area contributed by atoms with Gasteiger partial charge in [0.2, 0.25) is 11.8 Å². The molecule has 4 rings (SSSR count). The van der Waals surface area contributed by atoms with Gasteiger partial charge in [-0.1, -0.05) is 5.16 Å². The van der Waals surface area contributed by atoms with Crippen LogP contribution in [0.4, 0.5) is 0 Å². The van der Waals surface area contributed by atoms with Gasteiger partial charge in [0.25, 0.3) is 0 Å². The lowest BCUT2D eigenvalue weighted by Gasteiger charge is -2.35. The van der Waals surface area contributed by atoms with Gasteiger partial charge in [-0.25, -0.2) is 0 Å². The molecular weight excluding hydrogens is 336 g/mol. The van der Waals surface area contributed by atoms with Gasteiger partial charge in [0.15, 0.2) is 5.82 Å². The lowest BCUT2D eigenvalue weighted by molar-refractivity contribution is -0.139. The van der Waals surface area contributed by atoms with E-state index in [1.807, 2.05) is 25.1 Å². The molecule has 1 amide bonds. The molecule has 0 saturated carbocycles. The number of amides is 1. The maximum atomic E-state index is 13.0. The van der Waals surface area contributed by atoms with Crippen molar-refractivity contribution in [2.24, 2.45) is 13.0 Å². The number of piperazine rings is 1. The van der Waals surface area contributed by atoms with Crippen LogP contribution in [-0.4, -0.2) is 68.4 Å². The van der Waals surface area contributed by atoms with Crippen molar-refractivity contribution in [3.8, 4) is 0 Å². The normalized spacial score (nSPS) is 24.3. The van der Waals surface area contributed by atoms with Crippen LogP contribution < -0.4 is 0 Å². The molecule has 0 unspecified atom stereocenters. The summed E-state index contributed by atoms with van der Waals surface area (Å²) in [6.07, 6.45) is 4.30. The van der Waals surface area contributed by atoms with E-state index in [-0.39, 0.29) is 17.9 Å². The van der Waals surface area contributed by atoms with Gasteiger partial charge in [-0.05, 0) is 13.3 Å². The molecule has 2 saturated heterocycles. The summed E-state index contributed by atoms with van der Waals surface area (Å²) in [6.45, 7) is 6.09. The van der Waals surface area contributed by atoms with Gasteiger partial charge in [0.05, 0.1) is 24.8 Å². The third-order valence-electron chi connectivity index (χ3n) is 5.07. The predicted octanol–water partition coefficient (Wildman–Crippen LogP) is 0.534. The summed E-state index contributed by atoms with van der Waals surface area (Å²) in [5, 5.41) is 8.02. The Labute approximate surface area is 151 Å². The highest BCUT2D eigenvalue weighted by Gasteiger charge is 2.39. The first-order valence-electron chi connectivity index (χ1n) is 9.00. The van der Waals surface area contributed by atoms with E-state index >= 15 is 0 Å². The minimum absolute atomic E-state index is 0.121. The average Bonchev–Trinajstić information content (AvgIpc) is 3.36. The van der Waals surface area contributed by atoms with Gasteiger partial charge in [0.1, 0.15) is 0 Å². The second-order valence-electron chi connectivity index (χ2n) is 6.97. The van der Waals surface area contributed by atoms with Crippen LogP contribution in [0.15, 0.2) is 16.9 Å². The number of carbonyl (C=O) groups is 1. The third kappa shape index (κ3) is 3.49. The molecule has 2 fully saturated rings. The first-order valence-corrected chi connectivity index (χ1v) is 9.00. The Bertz CT molecular complexity index is 764. The van der Waals surface area contributed by atoms with Crippen LogP contribution in [-0.2, 0) is 23.1 Å². The maximum Gasteiger partial charge on any atom is 0.240 e. The number of hydrogen-bond donors (Lipinski definition) is 0. The fourth-order valence-electron chi connectivity index (χ4n) is 3.71. The van der Waals surface area contributed by atoms with Gasteiger partial charge < -0.3 is 14.2 Å². The number of carbonyl (C=O) groups excluding carboxylic acids is 1. The molecule has 0 spiro atoms. The van der Waals surface area contributed by atoms with E-state index in [2.05, 4.69) is 20.1 Å². The lowest BCUT2D eigenvalue weighted by Crippen LogP contribution is -2.50. The van der Waals surface area contributed by atoms with Gasteiger partial charge in [-0.2, -0.15) is 10.1 Å². The molecule has 0 radical (unpaired) electrons. The van der Waals surface area contributed by atoms with Gasteiger partial charge in [0, 0.05) is 51.6 Å². The number of aromatic nitrogens is 4. The molecule has 26 heavy (non-hydrogen) atoms. The van der Waals surface area contributed by atoms with Crippen molar-refractivity contribution in [3.05, 3.63) is 29.7 Å². The Hall–Kier alpha value is -2.26.